The normalized spacial score (nSPS) is 7.78. The maximum absolute atomic E-state index is 10.3. The third-order valence-electron chi connectivity index (χ3n) is 0.621. The van der Waals surface area contributed by atoms with Crippen molar-refractivity contribution in [3.8, 4) is 0 Å². The second-order valence-corrected chi connectivity index (χ2v) is 1.28. The lowest BCUT2D eigenvalue weighted by Gasteiger charge is -1.96. The molecule has 0 aromatic carbocycles. The first kappa shape index (κ1) is 11.2. The Hall–Kier alpha value is -0.610. The van der Waals surface area contributed by atoms with E-state index in [4.69, 9.17) is 5.11 Å². The molecule has 0 unspecified atom stereocenters. The predicted octanol–water partition coefficient (Wildman–Crippen LogP) is 0.0939. The van der Waals surface area contributed by atoms with Crippen molar-refractivity contribution in [2.45, 2.75) is 13.3 Å². The van der Waals surface area contributed by atoms with Gasteiger partial charge in [0.15, 0.2) is 0 Å². The van der Waals surface area contributed by atoms with Crippen LogP contribution in [0.4, 0.5) is 0 Å². The van der Waals surface area contributed by atoms with E-state index in [-0.39, 0.29) is 25.1 Å². The highest BCUT2D eigenvalue weighted by molar-refractivity contribution is 5.69. The van der Waals surface area contributed by atoms with Gasteiger partial charge in [0.05, 0.1) is 19.6 Å². The van der Waals surface area contributed by atoms with E-state index in [1.54, 1.807) is 6.92 Å². The zero-order valence-corrected chi connectivity index (χ0v) is 5.59. The highest BCUT2D eigenvalue weighted by atomic mass is 16.5. The molecule has 0 saturated heterocycles. The van der Waals surface area contributed by atoms with Crippen molar-refractivity contribution in [1.29, 1.82) is 0 Å². The van der Waals surface area contributed by atoms with Gasteiger partial charge in [-0.25, -0.2) is 0 Å². The van der Waals surface area contributed by atoms with Crippen LogP contribution in [-0.4, -0.2) is 24.3 Å². The lowest BCUT2D eigenvalue weighted by atomic mass is 10.5. The number of hydrogen-bond acceptors (Lipinski definition) is 4. The lowest BCUT2D eigenvalue weighted by Crippen LogP contribution is -2.05. The molecule has 0 heterocycles. The van der Waals surface area contributed by atoms with Gasteiger partial charge in [-0.3, -0.25) is 4.79 Å². The average molecular weight is 135 g/mol. The molecule has 0 fully saturated rings. The van der Waals surface area contributed by atoms with Gasteiger partial charge in [0.2, 0.25) is 0 Å². The molecule has 0 aliphatic carbocycles. The maximum Gasteiger partial charge on any atom is 0.308 e. The van der Waals surface area contributed by atoms with Crippen molar-refractivity contribution < 1.29 is 14.6 Å². The average Bonchev–Trinajstić information content (AvgIpc) is 1.68. The number of carbonyl (C=O) groups is 1. The van der Waals surface area contributed by atoms with Crippen molar-refractivity contribution in [3.63, 3.8) is 0 Å². The predicted molar refractivity (Wildman–Crippen MR) is 33.4 cm³/mol. The Labute approximate surface area is 54.4 Å². The van der Waals surface area contributed by atoms with Crippen molar-refractivity contribution in [1.82, 2.24) is 6.15 Å². The van der Waals surface area contributed by atoms with E-state index < -0.39 is 0 Å². The van der Waals surface area contributed by atoms with Crippen LogP contribution in [0.15, 0.2) is 0 Å². The standard InChI is InChI=1S/C5H10O3.H3N/c1-2-8-5(7)3-4-6;/h6H,2-4H2,1H3;1H3. The minimum Gasteiger partial charge on any atom is -0.466 e. The molecule has 4 nitrogen and oxygen atoms in total. The van der Waals surface area contributed by atoms with Crippen LogP contribution in [0.5, 0.6) is 0 Å². The molecular formula is C5H13NO3. The minimum absolute atomic E-state index is 0. The topological polar surface area (TPSA) is 81.5 Å². The van der Waals surface area contributed by atoms with Gasteiger partial charge in [-0.2, -0.15) is 0 Å². The summed E-state index contributed by atoms with van der Waals surface area (Å²) < 4.78 is 4.48. The Bertz CT molecular complexity index is 66.6. The van der Waals surface area contributed by atoms with Gasteiger partial charge in [0.25, 0.3) is 0 Å². The number of ether oxygens (including phenoxy) is 1. The lowest BCUT2D eigenvalue weighted by molar-refractivity contribution is -0.143. The van der Waals surface area contributed by atoms with Gasteiger partial charge >= 0.3 is 5.97 Å². The molecule has 9 heavy (non-hydrogen) atoms. The number of aliphatic hydroxyl groups excluding tert-OH is 1. The van der Waals surface area contributed by atoms with Crippen molar-refractivity contribution in [2.75, 3.05) is 13.2 Å². The Balaban J connectivity index is 0. The molecule has 0 spiro atoms. The summed E-state index contributed by atoms with van der Waals surface area (Å²) in [6.07, 6.45) is 0.105. The monoisotopic (exact) mass is 135 g/mol. The van der Waals surface area contributed by atoms with Crippen LogP contribution in [0, 0.1) is 0 Å². The van der Waals surface area contributed by atoms with Crippen LogP contribution in [0.1, 0.15) is 13.3 Å². The smallest absolute Gasteiger partial charge is 0.308 e. The number of carbonyl (C=O) groups excluding carboxylic acids is 1. The molecule has 0 aromatic rings. The molecule has 4 N–H and O–H groups in total. The first-order valence-electron chi connectivity index (χ1n) is 2.57. The summed E-state index contributed by atoms with van der Waals surface area (Å²) in [4.78, 5) is 10.3. The van der Waals surface area contributed by atoms with E-state index in [1.807, 2.05) is 0 Å². The Morgan fingerprint density at radius 2 is 2.22 bits per heavy atom. The van der Waals surface area contributed by atoms with Crippen LogP contribution < -0.4 is 6.15 Å². The molecule has 0 amide bonds. The highest BCUT2D eigenvalue weighted by Gasteiger charge is 1.96. The van der Waals surface area contributed by atoms with Crippen LogP contribution >= 0.6 is 0 Å². The molecule has 0 aromatic heterocycles. The summed E-state index contributed by atoms with van der Waals surface area (Å²) in [5.74, 6) is -0.338. The summed E-state index contributed by atoms with van der Waals surface area (Å²) in [5, 5.41) is 8.16. The molecule has 0 saturated carbocycles. The third kappa shape index (κ3) is 7.39. The number of hydrogen-bond donors (Lipinski definition) is 2. The van der Waals surface area contributed by atoms with Crippen LogP contribution in [0.2, 0.25) is 0 Å². The van der Waals surface area contributed by atoms with E-state index in [1.165, 1.54) is 0 Å². The molecule has 0 atom stereocenters. The number of aliphatic hydroxyl groups is 1. The second-order valence-electron chi connectivity index (χ2n) is 1.28. The van der Waals surface area contributed by atoms with Gasteiger partial charge in [-0.15, -0.1) is 0 Å². The Morgan fingerprint density at radius 3 is 2.56 bits per heavy atom. The van der Waals surface area contributed by atoms with Crippen LogP contribution in [0.25, 0.3) is 0 Å². The van der Waals surface area contributed by atoms with E-state index in [9.17, 15) is 4.79 Å². The Kier molecular flexibility index (Phi) is 9.21. The molecule has 0 bridgehead atoms. The number of rotatable bonds is 3. The van der Waals surface area contributed by atoms with Crippen LogP contribution in [-0.2, 0) is 9.53 Å². The van der Waals surface area contributed by atoms with Crippen molar-refractivity contribution >= 4 is 5.97 Å². The molecular weight excluding hydrogens is 122 g/mol. The van der Waals surface area contributed by atoms with Gasteiger partial charge < -0.3 is 16.0 Å². The summed E-state index contributed by atoms with van der Waals surface area (Å²) >= 11 is 0. The first-order chi connectivity index (χ1) is 3.81. The molecule has 56 valence electrons. The van der Waals surface area contributed by atoms with Gasteiger partial charge in [-0.1, -0.05) is 0 Å². The van der Waals surface area contributed by atoms with Crippen molar-refractivity contribution in [2.24, 2.45) is 0 Å². The van der Waals surface area contributed by atoms with Gasteiger partial charge in [-0.05, 0) is 6.92 Å². The quantitative estimate of drug-likeness (QED) is 0.537. The van der Waals surface area contributed by atoms with Crippen molar-refractivity contribution in [3.05, 3.63) is 0 Å². The van der Waals surface area contributed by atoms with Gasteiger partial charge in [0.1, 0.15) is 0 Å². The summed E-state index contributed by atoms with van der Waals surface area (Å²) in [5.41, 5.74) is 0. The largest absolute Gasteiger partial charge is 0.466 e. The zero-order valence-electron chi connectivity index (χ0n) is 5.59. The minimum atomic E-state index is -0.338. The number of esters is 1. The molecule has 0 rings (SSSR count). The van der Waals surface area contributed by atoms with Crippen LogP contribution in [0.3, 0.4) is 0 Å². The summed E-state index contributed by atoms with van der Waals surface area (Å²) in [6, 6.07) is 0. The summed E-state index contributed by atoms with van der Waals surface area (Å²) in [6.45, 7) is 1.99. The SMILES string of the molecule is CCOC(=O)CCO.N. The maximum atomic E-state index is 10.3. The second kappa shape index (κ2) is 7.39. The van der Waals surface area contributed by atoms with E-state index in [0.29, 0.717) is 6.61 Å². The fourth-order valence-corrected chi connectivity index (χ4v) is 0.324. The fourth-order valence-electron chi connectivity index (χ4n) is 0.324. The molecule has 0 aliphatic rings. The zero-order chi connectivity index (χ0) is 6.41. The third-order valence-corrected chi connectivity index (χ3v) is 0.621. The fraction of sp³-hybridized carbons (Fsp3) is 0.800. The van der Waals surface area contributed by atoms with E-state index in [2.05, 4.69) is 4.74 Å². The molecule has 0 aliphatic heterocycles. The highest BCUT2D eigenvalue weighted by Crippen LogP contribution is 1.82. The van der Waals surface area contributed by atoms with E-state index in [0.717, 1.165) is 0 Å². The molecule has 4 heteroatoms. The van der Waals surface area contributed by atoms with Gasteiger partial charge in [0, 0.05) is 0 Å². The molecule has 0 radical (unpaired) electrons. The summed E-state index contributed by atoms with van der Waals surface area (Å²) in [7, 11) is 0. The van der Waals surface area contributed by atoms with E-state index >= 15 is 0 Å². The first-order valence-corrected chi connectivity index (χ1v) is 2.57. The Morgan fingerprint density at radius 1 is 1.67 bits per heavy atom.